The zero-order chi connectivity index (χ0) is 5.30. The van der Waals surface area contributed by atoms with Crippen LogP contribution in [-0.4, -0.2) is 5.78 Å². The van der Waals surface area contributed by atoms with Gasteiger partial charge in [0.1, 0.15) is 0 Å². The molecular formula is C7H6O. The van der Waals surface area contributed by atoms with Crippen molar-refractivity contribution in [2.75, 3.05) is 0 Å². The third kappa shape index (κ3) is 0.177. The second kappa shape index (κ2) is 0.697. The SMILES string of the molecule is O=C1C=CC2C3C1C23. The van der Waals surface area contributed by atoms with E-state index in [1.54, 1.807) is 6.08 Å². The number of ketones is 1. The monoisotopic (exact) mass is 106 g/mol. The topological polar surface area (TPSA) is 17.1 Å². The van der Waals surface area contributed by atoms with Gasteiger partial charge in [0.25, 0.3) is 0 Å². The summed E-state index contributed by atoms with van der Waals surface area (Å²) >= 11 is 0. The first-order chi connectivity index (χ1) is 3.89. The predicted molar refractivity (Wildman–Crippen MR) is 28.1 cm³/mol. The minimum absolute atomic E-state index is 0.391. The standard InChI is InChI=1S/C7H6O/c8-4-2-1-3-5-6(3)7(4)5/h1-3,5-7H. The van der Waals surface area contributed by atoms with Crippen LogP contribution in [-0.2, 0) is 4.79 Å². The zero-order valence-corrected chi connectivity index (χ0v) is 4.37. The molecule has 0 aromatic carbocycles. The minimum atomic E-state index is 0.391. The van der Waals surface area contributed by atoms with Crippen LogP contribution in [0.1, 0.15) is 0 Å². The van der Waals surface area contributed by atoms with Crippen molar-refractivity contribution >= 4 is 5.78 Å². The highest BCUT2D eigenvalue weighted by Gasteiger charge is 2.75. The third-order valence-electron chi connectivity index (χ3n) is 2.69. The van der Waals surface area contributed by atoms with E-state index in [2.05, 4.69) is 6.08 Å². The van der Waals surface area contributed by atoms with Crippen LogP contribution >= 0.6 is 0 Å². The molecule has 0 aromatic heterocycles. The molecule has 0 aliphatic heterocycles. The zero-order valence-electron chi connectivity index (χ0n) is 4.37. The number of hydrogen-bond donors (Lipinski definition) is 0. The van der Waals surface area contributed by atoms with Crippen LogP contribution in [0.25, 0.3) is 0 Å². The fourth-order valence-electron chi connectivity index (χ4n) is 2.03. The fraction of sp³-hybridized carbons (Fsp3) is 0.571. The maximum atomic E-state index is 10.8. The van der Waals surface area contributed by atoms with Crippen LogP contribution in [0.2, 0.25) is 0 Å². The molecule has 2 atom stereocenters. The summed E-state index contributed by atoms with van der Waals surface area (Å²) in [7, 11) is 0. The Labute approximate surface area is 47.4 Å². The van der Waals surface area contributed by atoms with Gasteiger partial charge in [-0.25, -0.2) is 0 Å². The van der Waals surface area contributed by atoms with Gasteiger partial charge in [0.2, 0.25) is 0 Å². The summed E-state index contributed by atoms with van der Waals surface area (Å²) in [5, 5.41) is 0. The quantitative estimate of drug-likeness (QED) is 0.442. The molecule has 1 nitrogen and oxygen atoms in total. The Bertz CT molecular complexity index is 194. The summed E-state index contributed by atoms with van der Waals surface area (Å²) in [5.74, 6) is 3.39. The Morgan fingerprint density at radius 3 is 2.50 bits per heavy atom. The van der Waals surface area contributed by atoms with Crippen LogP contribution in [0.5, 0.6) is 0 Å². The van der Waals surface area contributed by atoms with Gasteiger partial charge in [0.15, 0.2) is 5.78 Å². The molecular weight excluding hydrogens is 100 g/mol. The summed E-state index contributed by atoms with van der Waals surface area (Å²) < 4.78 is 0. The van der Waals surface area contributed by atoms with Crippen molar-refractivity contribution in [3.05, 3.63) is 12.2 Å². The highest BCUT2D eigenvalue weighted by Crippen LogP contribution is 2.75. The first kappa shape index (κ1) is 3.44. The molecule has 2 unspecified atom stereocenters. The van der Waals surface area contributed by atoms with E-state index in [0.29, 0.717) is 11.7 Å². The number of carbonyl (C=O) groups excluding carboxylic acids is 1. The molecule has 4 aliphatic rings. The van der Waals surface area contributed by atoms with Gasteiger partial charge in [-0.2, -0.15) is 0 Å². The lowest BCUT2D eigenvalue weighted by molar-refractivity contribution is -0.117. The van der Waals surface area contributed by atoms with E-state index in [1.807, 2.05) is 0 Å². The van der Waals surface area contributed by atoms with Crippen LogP contribution < -0.4 is 0 Å². The second-order valence-electron chi connectivity index (χ2n) is 3.02. The summed E-state index contributed by atoms with van der Waals surface area (Å²) in [6, 6.07) is 0. The lowest BCUT2D eigenvalue weighted by Gasteiger charge is -2.08. The summed E-state index contributed by atoms with van der Waals surface area (Å²) in [5.41, 5.74) is 0. The highest BCUT2D eigenvalue weighted by atomic mass is 16.1. The van der Waals surface area contributed by atoms with Gasteiger partial charge in [0, 0.05) is 5.92 Å². The number of hydrogen-bond acceptors (Lipinski definition) is 1. The number of rotatable bonds is 0. The smallest absolute Gasteiger partial charge is 0.159 e. The van der Waals surface area contributed by atoms with Crippen molar-refractivity contribution < 1.29 is 4.79 Å². The summed E-state index contributed by atoms with van der Waals surface area (Å²) in [6.07, 6.45) is 3.84. The van der Waals surface area contributed by atoms with Crippen LogP contribution in [0.15, 0.2) is 12.2 Å². The maximum Gasteiger partial charge on any atom is 0.159 e. The Hall–Kier alpha value is -0.590. The van der Waals surface area contributed by atoms with Crippen LogP contribution in [0.4, 0.5) is 0 Å². The Morgan fingerprint density at radius 2 is 2.12 bits per heavy atom. The first-order valence-corrected chi connectivity index (χ1v) is 3.11. The predicted octanol–water partition coefficient (Wildman–Crippen LogP) is 0.617. The molecule has 40 valence electrons. The van der Waals surface area contributed by atoms with Gasteiger partial charge in [-0.15, -0.1) is 0 Å². The van der Waals surface area contributed by atoms with Crippen LogP contribution in [0, 0.1) is 23.7 Å². The molecule has 0 heterocycles. The molecule has 0 aromatic rings. The fourth-order valence-corrected chi connectivity index (χ4v) is 2.03. The number of allylic oxidation sites excluding steroid dienone is 2. The number of carbonyl (C=O) groups is 1. The van der Waals surface area contributed by atoms with Crippen molar-refractivity contribution in [1.82, 2.24) is 0 Å². The molecule has 0 radical (unpaired) electrons. The molecule has 1 heteroatoms. The lowest BCUT2D eigenvalue weighted by atomic mass is 9.94. The summed E-state index contributed by atoms with van der Waals surface area (Å²) in [6.45, 7) is 0. The Kier molecular flexibility index (Phi) is 0.299. The van der Waals surface area contributed by atoms with Gasteiger partial charge >= 0.3 is 0 Å². The third-order valence-corrected chi connectivity index (χ3v) is 2.69. The molecule has 2 fully saturated rings. The molecule has 2 bridgehead atoms. The Morgan fingerprint density at radius 1 is 1.38 bits per heavy atom. The molecule has 0 spiro atoms. The van der Waals surface area contributed by atoms with Crippen molar-refractivity contribution in [3.8, 4) is 0 Å². The van der Waals surface area contributed by atoms with E-state index >= 15 is 0 Å². The van der Waals surface area contributed by atoms with E-state index in [9.17, 15) is 4.79 Å². The second-order valence-corrected chi connectivity index (χ2v) is 3.02. The summed E-state index contributed by atoms with van der Waals surface area (Å²) in [4.78, 5) is 10.8. The van der Waals surface area contributed by atoms with E-state index in [1.165, 1.54) is 0 Å². The molecule has 4 aliphatic carbocycles. The van der Waals surface area contributed by atoms with Gasteiger partial charge in [-0.1, -0.05) is 6.08 Å². The molecule has 2 saturated carbocycles. The minimum Gasteiger partial charge on any atom is -0.295 e. The van der Waals surface area contributed by atoms with Gasteiger partial charge < -0.3 is 0 Å². The lowest BCUT2D eigenvalue weighted by Crippen LogP contribution is -2.13. The largest absolute Gasteiger partial charge is 0.295 e. The number of fused-ring (bicyclic) bond motifs is 1. The average Bonchev–Trinajstić information content (AvgIpc) is 2.48. The highest BCUT2D eigenvalue weighted by molar-refractivity contribution is 5.98. The first-order valence-electron chi connectivity index (χ1n) is 3.11. The molecule has 0 amide bonds. The molecule has 0 saturated heterocycles. The van der Waals surface area contributed by atoms with Gasteiger partial charge in [0.05, 0.1) is 0 Å². The van der Waals surface area contributed by atoms with Crippen molar-refractivity contribution in [2.45, 2.75) is 0 Å². The Balaban J connectivity index is 2.16. The van der Waals surface area contributed by atoms with Gasteiger partial charge in [-0.3, -0.25) is 4.79 Å². The van der Waals surface area contributed by atoms with Gasteiger partial charge in [-0.05, 0) is 23.8 Å². The normalized spacial score (nSPS) is 62.8. The van der Waals surface area contributed by atoms with E-state index in [4.69, 9.17) is 0 Å². The van der Waals surface area contributed by atoms with Crippen molar-refractivity contribution in [2.24, 2.45) is 23.7 Å². The molecule has 4 rings (SSSR count). The van der Waals surface area contributed by atoms with E-state index in [0.717, 1.165) is 17.8 Å². The maximum absolute atomic E-state index is 10.8. The van der Waals surface area contributed by atoms with Crippen molar-refractivity contribution in [1.29, 1.82) is 0 Å². The average molecular weight is 106 g/mol. The molecule has 8 heavy (non-hydrogen) atoms. The molecule has 0 N–H and O–H groups in total. The van der Waals surface area contributed by atoms with Crippen molar-refractivity contribution in [3.63, 3.8) is 0 Å². The van der Waals surface area contributed by atoms with E-state index in [-0.39, 0.29) is 0 Å². The van der Waals surface area contributed by atoms with E-state index < -0.39 is 0 Å². The van der Waals surface area contributed by atoms with Crippen LogP contribution in [0.3, 0.4) is 0 Å².